The number of nitrogens with one attached hydrogen (secondary N) is 1. The molecular formula is C14H15BrFNO2. The summed E-state index contributed by atoms with van der Waals surface area (Å²) in [6.45, 7) is 3.82. The molecule has 0 saturated heterocycles. The number of esters is 1. The average Bonchev–Trinajstić information content (AvgIpc) is 2.36. The van der Waals surface area contributed by atoms with E-state index in [1.807, 2.05) is 0 Å². The number of benzene rings is 1. The number of rotatable bonds is 5. The number of terminal acetylenes is 1. The van der Waals surface area contributed by atoms with Gasteiger partial charge in [0.1, 0.15) is 11.4 Å². The summed E-state index contributed by atoms with van der Waals surface area (Å²) in [7, 11) is 0. The molecule has 0 fully saturated rings. The molecule has 1 N–H and O–H groups in total. The smallest absolute Gasteiger partial charge is 0.330 e. The summed E-state index contributed by atoms with van der Waals surface area (Å²) in [5.74, 6) is 1.56. The largest absolute Gasteiger partial charge is 0.464 e. The zero-order valence-electron chi connectivity index (χ0n) is 10.8. The minimum absolute atomic E-state index is 0.194. The van der Waals surface area contributed by atoms with E-state index in [2.05, 4.69) is 27.2 Å². The summed E-state index contributed by atoms with van der Waals surface area (Å²) in [5, 5.41) is 2.94. The highest BCUT2D eigenvalue weighted by atomic mass is 79.9. The highest BCUT2D eigenvalue weighted by molar-refractivity contribution is 9.10. The molecule has 0 radical (unpaired) electrons. The van der Waals surface area contributed by atoms with Crippen LogP contribution in [0.4, 0.5) is 4.39 Å². The van der Waals surface area contributed by atoms with Gasteiger partial charge in [0.15, 0.2) is 0 Å². The third kappa shape index (κ3) is 3.55. The van der Waals surface area contributed by atoms with Gasteiger partial charge >= 0.3 is 5.97 Å². The number of hydrogen-bond donors (Lipinski definition) is 1. The van der Waals surface area contributed by atoms with E-state index >= 15 is 0 Å². The molecule has 1 unspecified atom stereocenters. The fourth-order valence-corrected chi connectivity index (χ4v) is 2.42. The number of carbonyl (C=O) groups is 1. The summed E-state index contributed by atoms with van der Waals surface area (Å²) in [6, 6.07) is 4.11. The highest BCUT2D eigenvalue weighted by Gasteiger charge is 2.37. The van der Waals surface area contributed by atoms with Crippen LogP contribution in [-0.4, -0.2) is 19.1 Å². The van der Waals surface area contributed by atoms with E-state index in [1.54, 1.807) is 13.8 Å². The first kappa shape index (κ1) is 15.7. The molecule has 0 aliphatic rings. The molecule has 0 amide bonds. The van der Waals surface area contributed by atoms with E-state index in [0.29, 0.717) is 10.0 Å². The summed E-state index contributed by atoms with van der Waals surface area (Å²) in [4.78, 5) is 12.1. The van der Waals surface area contributed by atoms with Gasteiger partial charge in [0.2, 0.25) is 0 Å². The predicted molar refractivity (Wildman–Crippen MR) is 74.9 cm³/mol. The third-order valence-electron chi connectivity index (χ3n) is 2.70. The molecule has 0 aliphatic heterocycles. The minimum Gasteiger partial charge on any atom is -0.464 e. The van der Waals surface area contributed by atoms with Gasteiger partial charge in [0.05, 0.1) is 13.2 Å². The van der Waals surface area contributed by atoms with Crippen LogP contribution in [0.5, 0.6) is 0 Å². The molecule has 1 aromatic rings. The summed E-state index contributed by atoms with van der Waals surface area (Å²) >= 11 is 3.25. The maximum absolute atomic E-state index is 13.1. The van der Waals surface area contributed by atoms with Crippen molar-refractivity contribution in [2.75, 3.05) is 13.2 Å². The first-order valence-electron chi connectivity index (χ1n) is 5.77. The van der Waals surface area contributed by atoms with E-state index in [0.717, 1.165) is 0 Å². The average molecular weight is 328 g/mol. The summed E-state index contributed by atoms with van der Waals surface area (Å²) in [6.07, 6.45) is 5.21. The van der Waals surface area contributed by atoms with Crippen molar-refractivity contribution in [3.8, 4) is 12.3 Å². The lowest BCUT2D eigenvalue weighted by molar-refractivity contribution is -0.150. The van der Waals surface area contributed by atoms with Crippen molar-refractivity contribution in [2.45, 2.75) is 19.4 Å². The van der Waals surface area contributed by atoms with Gasteiger partial charge < -0.3 is 4.74 Å². The molecule has 3 nitrogen and oxygen atoms in total. The molecule has 0 saturated carbocycles. The van der Waals surface area contributed by atoms with Crippen LogP contribution in [0, 0.1) is 18.2 Å². The number of halogens is 2. The fraction of sp³-hybridized carbons (Fsp3) is 0.357. The summed E-state index contributed by atoms with van der Waals surface area (Å²) < 4.78 is 18.7. The Morgan fingerprint density at radius 3 is 2.84 bits per heavy atom. The lowest BCUT2D eigenvalue weighted by Gasteiger charge is -2.29. The van der Waals surface area contributed by atoms with Crippen molar-refractivity contribution in [1.29, 1.82) is 0 Å². The Morgan fingerprint density at radius 2 is 2.32 bits per heavy atom. The Morgan fingerprint density at radius 1 is 1.63 bits per heavy atom. The van der Waals surface area contributed by atoms with E-state index in [9.17, 15) is 9.18 Å². The molecule has 102 valence electrons. The Kier molecular flexibility index (Phi) is 5.52. The van der Waals surface area contributed by atoms with E-state index in [4.69, 9.17) is 11.2 Å². The van der Waals surface area contributed by atoms with Gasteiger partial charge in [-0.1, -0.05) is 27.9 Å². The van der Waals surface area contributed by atoms with E-state index in [-0.39, 0.29) is 13.2 Å². The van der Waals surface area contributed by atoms with Gasteiger partial charge in [-0.15, -0.1) is 6.42 Å². The molecule has 1 atom stereocenters. The first-order valence-corrected chi connectivity index (χ1v) is 6.56. The van der Waals surface area contributed by atoms with Crippen LogP contribution in [0.2, 0.25) is 0 Å². The van der Waals surface area contributed by atoms with Gasteiger partial charge in [-0.05, 0) is 31.5 Å². The van der Waals surface area contributed by atoms with Crippen LogP contribution in [0.3, 0.4) is 0 Å². The van der Waals surface area contributed by atoms with Crippen LogP contribution in [0.1, 0.15) is 19.4 Å². The van der Waals surface area contributed by atoms with Crippen molar-refractivity contribution in [1.82, 2.24) is 5.32 Å². The van der Waals surface area contributed by atoms with Gasteiger partial charge in [0, 0.05) is 4.47 Å². The van der Waals surface area contributed by atoms with Crippen LogP contribution < -0.4 is 5.32 Å². The zero-order chi connectivity index (χ0) is 14.5. The Balaban J connectivity index is 3.22. The maximum Gasteiger partial charge on any atom is 0.330 e. The standard InChI is InChI=1S/C14H15BrFNO2/c1-4-8-17-14(3,13(18)19-5-2)11-7-6-10(16)9-12(11)15/h1,6-7,9,17H,5,8H2,2-3H3. The molecule has 1 aromatic carbocycles. The zero-order valence-corrected chi connectivity index (χ0v) is 12.4. The SMILES string of the molecule is C#CCNC(C)(C(=O)OCC)c1ccc(F)cc1Br. The maximum atomic E-state index is 13.1. The lowest BCUT2D eigenvalue weighted by Crippen LogP contribution is -2.48. The van der Waals surface area contributed by atoms with E-state index < -0.39 is 17.3 Å². The highest BCUT2D eigenvalue weighted by Crippen LogP contribution is 2.30. The Labute approximate surface area is 120 Å². The molecule has 19 heavy (non-hydrogen) atoms. The minimum atomic E-state index is -1.13. The van der Waals surface area contributed by atoms with Crippen LogP contribution in [-0.2, 0) is 15.1 Å². The second-order valence-electron chi connectivity index (χ2n) is 4.03. The van der Waals surface area contributed by atoms with Crippen molar-refractivity contribution < 1.29 is 13.9 Å². The summed E-state index contributed by atoms with van der Waals surface area (Å²) in [5.41, 5.74) is -0.558. The van der Waals surface area contributed by atoms with Gasteiger partial charge in [-0.2, -0.15) is 0 Å². The van der Waals surface area contributed by atoms with Crippen LogP contribution in [0.15, 0.2) is 22.7 Å². The van der Waals surface area contributed by atoms with Gasteiger partial charge in [-0.3, -0.25) is 5.32 Å². The monoisotopic (exact) mass is 327 g/mol. The molecular weight excluding hydrogens is 313 g/mol. The Bertz CT molecular complexity index is 513. The second-order valence-corrected chi connectivity index (χ2v) is 4.88. The van der Waals surface area contributed by atoms with Crippen molar-refractivity contribution in [3.63, 3.8) is 0 Å². The molecule has 0 spiro atoms. The molecule has 0 aliphatic carbocycles. The second kappa shape index (κ2) is 6.69. The normalized spacial score (nSPS) is 13.4. The van der Waals surface area contributed by atoms with E-state index in [1.165, 1.54) is 18.2 Å². The molecule has 0 aromatic heterocycles. The third-order valence-corrected chi connectivity index (χ3v) is 3.35. The molecule has 1 rings (SSSR count). The quantitative estimate of drug-likeness (QED) is 0.667. The number of ether oxygens (including phenoxy) is 1. The topological polar surface area (TPSA) is 38.3 Å². The number of carbonyl (C=O) groups excluding carboxylic acids is 1. The number of hydrogen-bond acceptors (Lipinski definition) is 3. The fourth-order valence-electron chi connectivity index (χ4n) is 1.68. The molecule has 5 heteroatoms. The van der Waals surface area contributed by atoms with Gasteiger partial charge in [-0.25, -0.2) is 9.18 Å². The molecule has 0 heterocycles. The van der Waals surface area contributed by atoms with Crippen molar-refractivity contribution >= 4 is 21.9 Å². The lowest BCUT2D eigenvalue weighted by atomic mass is 9.92. The van der Waals surface area contributed by atoms with Crippen LogP contribution >= 0.6 is 15.9 Å². The van der Waals surface area contributed by atoms with Crippen molar-refractivity contribution in [2.24, 2.45) is 0 Å². The van der Waals surface area contributed by atoms with Crippen molar-refractivity contribution in [3.05, 3.63) is 34.1 Å². The molecule has 0 bridgehead atoms. The predicted octanol–water partition coefficient (Wildman–Crippen LogP) is 2.59. The first-order chi connectivity index (χ1) is 8.95. The Hall–Kier alpha value is -1.38. The van der Waals surface area contributed by atoms with Crippen LogP contribution in [0.25, 0.3) is 0 Å². The van der Waals surface area contributed by atoms with Gasteiger partial charge in [0.25, 0.3) is 0 Å².